The lowest BCUT2D eigenvalue weighted by Crippen LogP contribution is -2.36. The van der Waals surface area contributed by atoms with Crippen LogP contribution in [0.15, 0.2) is 42.7 Å². The van der Waals surface area contributed by atoms with Crippen LogP contribution in [0.4, 0.5) is 0 Å². The zero-order chi connectivity index (χ0) is 16.9. The molecule has 1 unspecified atom stereocenters. The van der Waals surface area contributed by atoms with Crippen LogP contribution in [-0.4, -0.2) is 28.9 Å². The van der Waals surface area contributed by atoms with Crippen molar-refractivity contribution in [1.82, 2.24) is 15.2 Å². The molecular formula is C20H25N3O. The average molecular weight is 323 g/mol. The van der Waals surface area contributed by atoms with Crippen LogP contribution in [0, 0.1) is 13.8 Å². The van der Waals surface area contributed by atoms with Gasteiger partial charge in [0, 0.05) is 25.0 Å². The van der Waals surface area contributed by atoms with E-state index in [0.29, 0.717) is 19.1 Å². The smallest absolute Gasteiger partial charge is 0.234 e. The zero-order valence-electron chi connectivity index (χ0n) is 14.5. The van der Waals surface area contributed by atoms with E-state index in [1.165, 1.54) is 16.7 Å². The van der Waals surface area contributed by atoms with Crippen molar-refractivity contribution >= 4 is 5.91 Å². The van der Waals surface area contributed by atoms with Gasteiger partial charge in [-0.15, -0.1) is 0 Å². The molecule has 0 radical (unpaired) electrons. The van der Waals surface area contributed by atoms with Crippen LogP contribution in [0.25, 0.3) is 0 Å². The summed E-state index contributed by atoms with van der Waals surface area (Å²) in [5.74, 6) is 0.0783. The van der Waals surface area contributed by atoms with Crippen LogP contribution in [0.1, 0.15) is 41.1 Å². The number of aryl methyl sites for hydroxylation is 2. The van der Waals surface area contributed by atoms with E-state index in [1.807, 2.05) is 12.1 Å². The number of carbonyl (C=O) groups is 1. The first-order valence-electron chi connectivity index (χ1n) is 8.60. The largest absolute Gasteiger partial charge is 0.351 e. The minimum atomic E-state index is 0.0783. The molecule has 126 valence electrons. The second-order valence-electron chi connectivity index (χ2n) is 6.61. The molecule has 2 aromatic rings. The molecule has 3 rings (SSSR count). The molecule has 1 fully saturated rings. The third kappa shape index (κ3) is 4.01. The Morgan fingerprint density at radius 1 is 1.29 bits per heavy atom. The van der Waals surface area contributed by atoms with Gasteiger partial charge in [0.05, 0.1) is 6.54 Å². The number of aromatic nitrogens is 1. The highest BCUT2D eigenvalue weighted by atomic mass is 16.2. The van der Waals surface area contributed by atoms with Crippen molar-refractivity contribution in [3.05, 3.63) is 65.0 Å². The highest BCUT2D eigenvalue weighted by molar-refractivity contribution is 5.78. The van der Waals surface area contributed by atoms with E-state index in [4.69, 9.17) is 0 Å². The monoisotopic (exact) mass is 323 g/mol. The Labute approximate surface area is 143 Å². The third-order valence-corrected chi connectivity index (χ3v) is 4.84. The molecule has 1 amide bonds. The molecule has 0 spiro atoms. The molecule has 24 heavy (non-hydrogen) atoms. The molecule has 4 nitrogen and oxygen atoms in total. The molecule has 1 aromatic heterocycles. The first kappa shape index (κ1) is 16.7. The number of hydrogen-bond donors (Lipinski definition) is 1. The van der Waals surface area contributed by atoms with Gasteiger partial charge in [-0.25, -0.2) is 0 Å². The van der Waals surface area contributed by atoms with Crippen molar-refractivity contribution in [2.24, 2.45) is 0 Å². The third-order valence-electron chi connectivity index (χ3n) is 4.84. The van der Waals surface area contributed by atoms with Crippen molar-refractivity contribution in [2.75, 3.05) is 13.1 Å². The summed E-state index contributed by atoms with van der Waals surface area (Å²) in [6, 6.07) is 10.9. The Kier molecular flexibility index (Phi) is 5.26. The molecule has 1 aliphatic rings. The highest BCUT2D eigenvalue weighted by Gasteiger charge is 2.27. The van der Waals surface area contributed by atoms with Crippen LogP contribution in [-0.2, 0) is 11.3 Å². The molecule has 1 aliphatic heterocycles. The SMILES string of the molecule is Cc1ccc(C2CCCN2CC(=O)NCc2cccnc2)cc1C. The molecule has 2 heterocycles. The van der Waals surface area contributed by atoms with Gasteiger partial charge in [0.25, 0.3) is 0 Å². The van der Waals surface area contributed by atoms with E-state index in [2.05, 4.69) is 47.2 Å². The predicted molar refractivity (Wildman–Crippen MR) is 95.5 cm³/mol. The van der Waals surface area contributed by atoms with E-state index in [0.717, 1.165) is 24.9 Å². The Morgan fingerprint density at radius 3 is 2.92 bits per heavy atom. The Morgan fingerprint density at radius 2 is 2.17 bits per heavy atom. The number of rotatable bonds is 5. The van der Waals surface area contributed by atoms with Gasteiger partial charge in [-0.2, -0.15) is 0 Å². The topological polar surface area (TPSA) is 45.2 Å². The Bertz CT molecular complexity index is 699. The van der Waals surface area contributed by atoms with Crippen molar-refractivity contribution in [1.29, 1.82) is 0 Å². The van der Waals surface area contributed by atoms with Gasteiger partial charge >= 0.3 is 0 Å². The number of nitrogens with one attached hydrogen (secondary N) is 1. The number of amides is 1. The summed E-state index contributed by atoms with van der Waals surface area (Å²) in [6.07, 6.45) is 5.80. The fraction of sp³-hybridized carbons (Fsp3) is 0.400. The zero-order valence-corrected chi connectivity index (χ0v) is 14.5. The normalized spacial score (nSPS) is 17.8. The second-order valence-corrected chi connectivity index (χ2v) is 6.61. The molecule has 4 heteroatoms. The predicted octanol–water partition coefficient (Wildman–Crippen LogP) is 3.15. The van der Waals surface area contributed by atoms with Gasteiger partial charge in [-0.05, 0) is 61.6 Å². The number of likely N-dealkylation sites (tertiary alicyclic amines) is 1. The Hall–Kier alpha value is -2.20. The minimum Gasteiger partial charge on any atom is -0.351 e. The fourth-order valence-corrected chi connectivity index (χ4v) is 3.31. The van der Waals surface area contributed by atoms with Crippen LogP contribution in [0.2, 0.25) is 0 Å². The number of benzene rings is 1. The van der Waals surface area contributed by atoms with Gasteiger partial charge in [0.2, 0.25) is 5.91 Å². The molecule has 1 aromatic carbocycles. The van der Waals surface area contributed by atoms with Gasteiger partial charge in [0.15, 0.2) is 0 Å². The lowest BCUT2D eigenvalue weighted by molar-refractivity contribution is -0.122. The molecular weight excluding hydrogens is 298 g/mol. The van der Waals surface area contributed by atoms with E-state index >= 15 is 0 Å². The molecule has 0 saturated carbocycles. The number of hydrogen-bond acceptors (Lipinski definition) is 3. The van der Waals surface area contributed by atoms with Gasteiger partial charge in [-0.3, -0.25) is 14.7 Å². The molecule has 0 bridgehead atoms. The van der Waals surface area contributed by atoms with Gasteiger partial charge < -0.3 is 5.32 Å². The van der Waals surface area contributed by atoms with Crippen molar-refractivity contribution in [3.63, 3.8) is 0 Å². The van der Waals surface area contributed by atoms with E-state index in [9.17, 15) is 4.79 Å². The standard InChI is InChI=1S/C20H25N3O/c1-15-7-8-18(11-16(15)2)19-6-4-10-23(19)14-20(24)22-13-17-5-3-9-21-12-17/h3,5,7-9,11-12,19H,4,6,10,13-14H2,1-2H3,(H,22,24). The van der Waals surface area contributed by atoms with Crippen molar-refractivity contribution in [2.45, 2.75) is 39.3 Å². The summed E-state index contributed by atoms with van der Waals surface area (Å²) in [5.41, 5.74) is 4.99. The maximum atomic E-state index is 12.3. The summed E-state index contributed by atoms with van der Waals surface area (Å²) >= 11 is 0. The summed E-state index contributed by atoms with van der Waals surface area (Å²) < 4.78 is 0. The van der Waals surface area contributed by atoms with Crippen molar-refractivity contribution in [3.8, 4) is 0 Å². The maximum Gasteiger partial charge on any atom is 0.234 e. The summed E-state index contributed by atoms with van der Waals surface area (Å²) in [5, 5.41) is 3.00. The minimum absolute atomic E-state index is 0.0783. The Balaban J connectivity index is 1.59. The van der Waals surface area contributed by atoms with E-state index in [-0.39, 0.29) is 5.91 Å². The molecule has 1 atom stereocenters. The lowest BCUT2D eigenvalue weighted by Gasteiger charge is -2.24. The van der Waals surface area contributed by atoms with Crippen LogP contribution in [0.3, 0.4) is 0 Å². The fourth-order valence-electron chi connectivity index (χ4n) is 3.31. The highest BCUT2D eigenvalue weighted by Crippen LogP contribution is 2.32. The van der Waals surface area contributed by atoms with Crippen molar-refractivity contribution < 1.29 is 4.79 Å². The number of carbonyl (C=O) groups excluding carboxylic acids is 1. The second kappa shape index (κ2) is 7.58. The van der Waals surface area contributed by atoms with Gasteiger partial charge in [-0.1, -0.05) is 24.3 Å². The lowest BCUT2D eigenvalue weighted by atomic mass is 9.99. The van der Waals surface area contributed by atoms with E-state index in [1.54, 1.807) is 12.4 Å². The summed E-state index contributed by atoms with van der Waals surface area (Å²) in [6.45, 7) is 6.26. The summed E-state index contributed by atoms with van der Waals surface area (Å²) in [7, 11) is 0. The molecule has 0 aliphatic carbocycles. The maximum absolute atomic E-state index is 12.3. The first-order chi connectivity index (χ1) is 11.6. The molecule has 1 N–H and O–H groups in total. The molecule has 1 saturated heterocycles. The van der Waals surface area contributed by atoms with Gasteiger partial charge in [0.1, 0.15) is 0 Å². The van der Waals surface area contributed by atoms with E-state index < -0.39 is 0 Å². The quantitative estimate of drug-likeness (QED) is 0.919. The summed E-state index contributed by atoms with van der Waals surface area (Å²) in [4.78, 5) is 18.7. The number of nitrogens with zero attached hydrogens (tertiary/aromatic N) is 2. The first-order valence-corrected chi connectivity index (χ1v) is 8.60. The number of pyridine rings is 1. The average Bonchev–Trinajstić information content (AvgIpc) is 3.04. The van der Waals surface area contributed by atoms with Crippen LogP contribution in [0.5, 0.6) is 0 Å². The van der Waals surface area contributed by atoms with Crippen LogP contribution >= 0.6 is 0 Å². The van der Waals surface area contributed by atoms with Crippen LogP contribution < -0.4 is 5.32 Å².